The second kappa shape index (κ2) is 14.9. The number of allylic oxidation sites excluding steroid dienone is 1. The van der Waals surface area contributed by atoms with Crippen LogP contribution in [0.15, 0.2) is 91.8 Å². The highest BCUT2D eigenvalue weighted by molar-refractivity contribution is 7.99. The van der Waals surface area contributed by atoms with Gasteiger partial charge in [-0.3, -0.25) is 19.5 Å². The summed E-state index contributed by atoms with van der Waals surface area (Å²) in [5.74, 6) is 0.905. The van der Waals surface area contributed by atoms with Crippen molar-refractivity contribution in [2.24, 2.45) is 4.99 Å². The Labute approximate surface area is 304 Å². The molecule has 0 fully saturated rings. The Bertz CT molecular complexity index is 2400. The number of ether oxygens (including phenoxy) is 3. The van der Waals surface area contributed by atoms with E-state index in [0.29, 0.717) is 60.6 Å². The molecule has 0 saturated heterocycles. The van der Waals surface area contributed by atoms with Crippen molar-refractivity contribution < 1.29 is 23.9 Å². The third-order valence-corrected chi connectivity index (χ3v) is 10.4. The molecule has 0 spiro atoms. The molecule has 262 valence electrons. The van der Waals surface area contributed by atoms with Crippen LogP contribution >= 0.6 is 34.7 Å². The monoisotopic (exact) mass is 746 g/mol. The number of fused-ring (bicyclic) bond motifs is 1. The fraction of sp³-hybridized carbons (Fsp3) is 0.229. The molecular formula is C35H31ClN6O7S2. The number of aromatic nitrogens is 4. The van der Waals surface area contributed by atoms with E-state index in [9.17, 15) is 19.7 Å². The minimum absolute atomic E-state index is 0.117. The Morgan fingerprint density at radius 2 is 1.90 bits per heavy atom. The zero-order chi connectivity index (χ0) is 36.4. The van der Waals surface area contributed by atoms with Crippen LogP contribution < -0.4 is 24.4 Å². The van der Waals surface area contributed by atoms with Crippen LogP contribution in [0.5, 0.6) is 11.5 Å². The van der Waals surface area contributed by atoms with Gasteiger partial charge >= 0.3 is 5.97 Å². The summed E-state index contributed by atoms with van der Waals surface area (Å²) in [5.41, 5.74) is 1.66. The first-order valence-corrected chi connectivity index (χ1v) is 17.7. The number of nitro groups is 1. The van der Waals surface area contributed by atoms with Gasteiger partial charge in [-0.05, 0) is 74.5 Å². The van der Waals surface area contributed by atoms with E-state index in [1.54, 1.807) is 56.3 Å². The summed E-state index contributed by atoms with van der Waals surface area (Å²) in [6.07, 6.45) is 1.59. The Morgan fingerprint density at radius 3 is 2.59 bits per heavy atom. The second-order valence-corrected chi connectivity index (χ2v) is 13.5. The number of carbonyl (C=O) groups is 1. The van der Waals surface area contributed by atoms with Crippen molar-refractivity contribution in [2.75, 3.05) is 20.8 Å². The van der Waals surface area contributed by atoms with Crippen LogP contribution in [0.4, 0.5) is 5.69 Å². The lowest BCUT2D eigenvalue weighted by Crippen LogP contribution is -2.40. The van der Waals surface area contributed by atoms with E-state index in [2.05, 4.69) is 15.2 Å². The van der Waals surface area contributed by atoms with Gasteiger partial charge in [0.15, 0.2) is 15.8 Å². The van der Waals surface area contributed by atoms with E-state index in [-0.39, 0.29) is 22.4 Å². The highest BCUT2D eigenvalue weighted by Crippen LogP contribution is 2.38. The molecular weight excluding hydrogens is 716 g/mol. The number of non-ortho nitro benzene ring substituents is 1. The number of nitro benzene ring substituents is 1. The molecule has 0 amide bonds. The summed E-state index contributed by atoms with van der Waals surface area (Å²) in [5, 5.41) is 21.8. The standard InChI is InChI=1S/C35H31ClN6O7S2/c1-6-40-31(20-9-8-10-22(36)15-20)38-39-35(40)50-27-14-11-23(42(45)46)16-21(27)17-28-32(43)41-30(25-13-12-24(47-4)18-26(25)48-5)29(33(44)49-7-2)19(3)37-34(41)51-28/h8-18,30H,6-7H2,1-5H3/b28-17+/t30-/m1/s1. The first-order valence-electron chi connectivity index (χ1n) is 15.6. The minimum atomic E-state index is -0.949. The number of esters is 1. The summed E-state index contributed by atoms with van der Waals surface area (Å²) in [7, 11) is 3.01. The first-order chi connectivity index (χ1) is 24.6. The van der Waals surface area contributed by atoms with Crippen LogP contribution in [-0.4, -0.2) is 51.1 Å². The number of halogens is 1. The number of carbonyl (C=O) groups excluding carboxylic acids is 1. The minimum Gasteiger partial charge on any atom is -0.497 e. The molecule has 0 radical (unpaired) electrons. The van der Waals surface area contributed by atoms with Gasteiger partial charge in [0, 0.05) is 45.8 Å². The molecule has 2 aromatic heterocycles. The largest absolute Gasteiger partial charge is 0.497 e. The Kier molecular flexibility index (Phi) is 10.4. The molecule has 3 heterocycles. The van der Waals surface area contributed by atoms with Gasteiger partial charge in [-0.2, -0.15) is 0 Å². The van der Waals surface area contributed by atoms with Gasteiger partial charge in [0.25, 0.3) is 11.2 Å². The number of hydrogen-bond donors (Lipinski definition) is 0. The van der Waals surface area contributed by atoms with Crippen molar-refractivity contribution in [3.63, 3.8) is 0 Å². The van der Waals surface area contributed by atoms with E-state index < -0.39 is 22.5 Å². The van der Waals surface area contributed by atoms with E-state index in [0.717, 1.165) is 16.9 Å². The summed E-state index contributed by atoms with van der Waals surface area (Å²) in [4.78, 5) is 44.8. The molecule has 1 atom stereocenters. The summed E-state index contributed by atoms with van der Waals surface area (Å²) in [6, 6.07) is 15.9. The fourth-order valence-electron chi connectivity index (χ4n) is 5.72. The quantitative estimate of drug-likeness (QED) is 0.0920. The molecule has 0 saturated carbocycles. The molecule has 16 heteroatoms. The van der Waals surface area contributed by atoms with E-state index in [4.69, 9.17) is 25.8 Å². The van der Waals surface area contributed by atoms with Crippen LogP contribution in [0.1, 0.15) is 37.9 Å². The molecule has 13 nitrogen and oxygen atoms in total. The van der Waals surface area contributed by atoms with Gasteiger partial charge in [-0.25, -0.2) is 9.79 Å². The maximum absolute atomic E-state index is 14.4. The molecule has 0 unspecified atom stereocenters. The lowest BCUT2D eigenvalue weighted by atomic mass is 9.95. The van der Waals surface area contributed by atoms with Crippen molar-refractivity contribution in [2.45, 2.75) is 43.4 Å². The first kappa shape index (κ1) is 35.6. The number of methoxy groups -OCH3 is 2. The van der Waals surface area contributed by atoms with Crippen LogP contribution in [0.3, 0.4) is 0 Å². The third kappa shape index (κ3) is 6.92. The number of hydrogen-bond acceptors (Lipinski definition) is 12. The van der Waals surface area contributed by atoms with Crippen molar-refractivity contribution in [1.29, 1.82) is 0 Å². The van der Waals surface area contributed by atoms with Crippen molar-refractivity contribution in [3.8, 4) is 22.9 Å². The zero-order valence-corrected chi connectivity index (χ0v) is 30.5. The maximum atomic E-state index is 14.4. The zero-order valence-electron chi connectivity index (χ0n) is 28.1. The number of benzene rings is 3. The predicted molar refractivity (Wildman–Crippen MR) is 193 cm³/mol. The van der Waals surface area contributed by atoms with Crippen molar-refractivity contribution in [1.82, 2.24) is 19.3 Å². The van der Waals surface area contributed by atoms with Gasteiger partial charge < -0.3 is 18.8 Å². The SMILES string of the molecule is CCOC(=O)C1=C(C)N=c2s/c(=C/c3cc([N+](=O)[O-])ccc3Sc3nnc(-c4cccc(Cl)c4)n3CC)c(=O)n2[C@@H]1c1ccc(OC)cc1OC. The highest BCUT2D eigenvalue weighted by Gasteiger charge is 2.35. The van der Waals surface area contributed by atoms with Gasteiger partial charge in [0.05, 0.1) is 41.6 Å². The molecule has 6 rings (SSSR count). The number of nitrogens with zero attached hydrogens (tertiary/aromatic N) is 6. The third-order valence-electron chi connectivity index (χ3n) is 8.06. The average molecular weight is 747 g/mol. The van der Waals surface area contributed by atoms with Crippen LogP contribution in [-0.2, 0) is 16.1 Å². The molecule has 1 aliphatic rings. The molecule has 0 bridgehead atoms. The molecule has 51 heavy (non-hydrogen) atoms. The molecule has 5 aromatic rings. The topological polar surface area (TPSA) is 153 Å². The van der Waals surface area contributed by atoms with Gasteiger partial charge in [-0.1, -0.05) is 35.1 Å². The lowest BCUT2D eigenvalue weighted by molar-refractivity contribution is -0.384. The van der Waals surface area contributed by atoms with Crippen LogP contribution in [0.25, 0.3) is 17.5 Å². The fourth-order valence-corrected chi connectivity index (χ4v) is 7.92. The van der Waals surface area contributed by atoms with E-state index in [1.807, 2.05) is 23.6 Å². The summed E-state index contributed by atoms with van der Waals surface area (Å²) < 4.78 is 20.1. The van der Waals surface area contributed by atoms with E-state index in [1.165, 1.54) is 42.7 Å². The van der Waals surface area contributed by atoms with Crippen LogP contribution in [0, 0.1) is 10.1 Å². The molecule has 1 aliphatic heterocycles. The lowest BCUT2D eigenvalue weighted by Gasteiger charge is -2.26. The number of thiazole rings is 1. The van der Waals surface area contributed by atoms with Gasteiger partial charge in [0.1, 0.15) is 17.5 Å². The Hall–Kier alpha value is -5.25. The predicted octanol–water partition coefficient (Wildman–Crippen LogP) is 5.81. The average Bonchev–Trinajstić information content (AvgIpc) is 3.67. The summed E-state index contributed by atoms with van der Waals surface area (Å²) >= 11 is 8.60. The Balaban J connectivity index is 1.52. The van der Waals surface area contributed by atoms with Crippen molar-refractivity contribution >= 4 is 52.4 Å². The van der Waals surface area contributed by atoms with Gasteiger partial charge in [-0.15, -0.1) is 10.2 Å². The smallest absolute Gasteiger partial charge is 0.338 e. The normalized spacial score (nSPS) is 14.2. The van der Waals surface area contributed by atoms with Gasteiger partial charge in [0.2, 0.25) is 0 Å². The molecule has 0 N–H and O–H groups in total. The highest BCUT2D eigenvalue weighted by atomic mass is 35.5. The molecule has 0 aliphatic carbocycles. The van der Waals surface area contributed by atoms with Crippen LogP contribution in [0.2, 0.25) is 5.02 Å². The van der Waals surface area contributed by atoms with E-state index >= 15 is 0 Å². The second-order valence-electron chi connectivity index (χ2n) is 11.1. The Morgan fingerprint density at radius 1 is 1.10 bits per heavy atom. The number of rotatable bonds is 11. The molecule has 3 aromatic carbocycles. The summed E-state index contributed by atoms with van der Waals surface area (Å²) in [6.45, 7) is 5.99. The maximum Gasteiger partial charge on any atom is 0.338 e. The van der Waals surface area contributed by atoms with Crippen molar-refractivity contribution in [3.05, 3.63) is 118 Å².